The second-order valence-electron chi connectivity index (χ2n) is 7.06. The van der Waals surface area contributed by atoms with Crippen molar-refractivity contribution in [3.05, 3.63) is 65.7 Å². The number of carbonyl (C=O) groups excluding carboxylic acids is 1. The van der Waals surface area contributed by atoms with E-state index in [0.717, 1.165) is 24.4 Å². The lowest BCUT2D eigenvalue weighted by Crippen LogP contribution is -2.37. The number of amides is 1. The summed E-state index contributed by atoms with van der Waals surface area (Å²) >= 11 is 0. The van der Waals surface area contributed by atoms with Crippen LogP contribution in [-0.2, 0) is 4.79 Å². The Hall–Kier alpha value is -2.37. The minimum Gasteiger partial charge on any atom is -0.497 e. The Labute approximate surface area is 161 Å². The highest BCUT2D eigenvalue weighted by Gasteiger charge is 2.24. The molecule has 144 valence electrons. The van der Waals surface area contributed by atoms with Crippen molar-refractivity contribution in [2.75, 3.05) is 26.7 Å². The zero-order valence-corrected chi connectivity index (χ0v) is 15.9. The summed E-state index contributed by atoms with van der Waals surface area (Å²) < 4.78 is 5.26. The molecule has 2 aromatic rings. The molecular weight excluding hydrogens is 338 g/mol. The zero-order chi connectivity index (χ0) is 19.1. The maximum absolute atomic E-state index is 12.4. The molecule has 2 unspecified atom stereocenters. The molecule has 5 nitrogen and oxygen atoms in total. The SMILES string of the molecule is COc1ccc(C(CNC(=O)CC(N)c2ccccc2)N2CCCC2)cc1. The van der Waals surface area contributed by atoms with Gasteiger partial charge in [-0.2, -0.15) is 0 Å². The van der Waals surface area contributed by atoms with Gasteiger partial charge >= 0.3 is 0 Å². The van der Waals surface area contributed by atoms with E-state index in [1.54, 1.807) is 7.11 Å². The van der Waals surface area contributed by atoms with Crippen molar-refractivity contribution in [2.45, 2.75) is 31.3 Å². The van der Waals surface area contributed by atoms with Crippen molar-refractivity contribution in [3.63, 3.8) is 0 Å². The van der Waals surface area contributed by atoms with Crippen LogP contribution in [0.2, 0.25) is 0 Å². The summed E-state index contributed by atoms with van der Waals surface area (Å²) in [5, 5.41) is 3.10. The first-order valence-electron chi connectivity index (χ1n) is 9.62. The van der Waals surface area contributed by atoms with E-state index in [2.05, 4.69) is 22.3 Å². The number of rotatable bonds is 8. The van der Waals surface area contributed by atoms with Crippen molar-refractivity contribution in [1.82, 2.24) is 10.2 Å². The predicted molar refractivity (Wildman–Crippen MR) is 108 cm³/mol. The van der Waals surface area contributed by atoms with E-state index in [1.807, 2.05) is 42.5 Å². The smallest absolute Gasteiger partial charge is 0.221 e. The summed E-state index contributed by atoms with van der Waals surface area (Å²) in [4.78, 5) is 14.9. The monoisotopic (exact) mass is 367 g/mol. The largest absolute Gasteiger partial charge is 0.497 e. The Kier molecular flexibility index (Phi) is 6.85. The van der Waals surface area contributed by atoms with E-state index in [9.17, 15) is 4.79 Å². The molecule has 27 heavy (non-hydrogen) atoms. The third-order valence-electron chi connectivity index (χ3n) is 5.21. The van der Waals surface area contributed by atoms with Gasteiger partial charge in [-0.05, 0) is 49.2 Å². The van der Waals surface area contributed by atoms with Crippen LogP contribution in [0.1, 0.15) is 42.5 Å². The van der Waals surface area contributed by atoms with Crippen LogP contribution in [0.25, 0.3) is 0 Å². The van der Waals surface area contributed by atoms with Crippen molar-refractivity contribution in [1.29, 1.82) is 0 Å². The molecular formula is C22H29N3O2. The molecule has 1 amide bonds. The van der Waals surface area contributed by atoms with Gasteiger partial charge in [-0.3, -0.25) is 9.69 Å². The van der Waals surface area contributed by atoms with Crippen LogP contribution < -0.4 is 15.8 Å². The maximum Gasteiger partial charge on any atom is 0.221 e. The number of hydrogen-bond acceptors (Lipinski definition) is 4. The summed E-state index contributed by atoms with van der Waals surface area (Å²) in [6, 6.07) is 17.8. The number of methoxy groups -OCH3 is 1. The van der Waals surface area contributed by atoms with Crippen LogP contribution in [0, 0.1) is 0 Å². The van der Waals surface area contributed by atoms with E-state index < -0.39 is 0 Å². The van der Waals surface area contributed by atoms with Crippen LogP contribution in [0.4, 0.5) is 0 Å². The number of benzene rings is 2. The molecule has 0 aliphatic carbocycles. The van der Waals surface area contributed by atoms with Gasteiger partial charge in [0.05, 0.1) is 13.2 Å². The molecule has 0 bridgehead atoms. The summed E-state index contributed by atoms with van der Waals surface area (Å²) in [5.74, 6) is 0.834. The lowest BCUT2D eigenvalue weighted by Gasteiger charge is -2.28. The summed E-state index contributed by atoms with van der Waals surface area (Å²) in [6.45, 7) is 2.72. The van der Waals surface area contributed by atoms with E-state index in [1.165, 1.54) is 18.4 Å². The second kappa shape index (κ2) is 9.53. The fourth-order valence-electron chi connectivity index (χ4n) is 3.64. The number of nitrogens with zero attached hydrogens (tertiary/aromatic N) is 1. The number of nitrogens with two attached hydrogens (primary N) is 1. The predicted octanol–water partition coefficient (Wildman–Crippen LogP) is 3.04. The van der Waals surface area contributed by atoms with Crippen LogP contribution in [0.15, 0.2) is 54.6 Å². The highest BCUT2D eigenvalue weighted by molar-refractivity contribution is 5.76. The Morgan fingerprint density at radius 3 is 2.37 bits per heavy atom. The molecule has 1 fully saturated rings. The minimum absolute atomic E-state index is 0.0101. The fraction of sp³-hybridized carbons (Fsp3) is 0.409. The second-order valence-corrected chi connectivity index (χ2v) is 7.06. The lowest BCUT2D eigenvalue weighted by atomic mass is 10.0. The van der Waals surface area contributed by atoms with Crippen LogP contribution in [-0.4, -0.2) is 37.6 Å². The average molecular weight is 367 g/mol. The van der Waals surface area contributed by atoms with Crippen LogP contribution in [0.3, 0.4) is 0 Å². The van der Waals surface area contributed by atoms with E-state index in [-0.39, 0.29) is 18.0 Å². The standard InChI is InChI=1S/C22H29N3O2/c1-27-19-11-9-18(10-12-19)21(25-13-5-6-14-25)16-24-22(26)15-20(23)17-7-3-2-4-8-17/h2-4,7-12,20-21H,5-6,13-16,23H2,1H3,(H,24,26). The van der Waals surface area contributed by atoms with E-state index in [0.29, 0.717) is 13.0 Å². The molecule has 0 spiro atoms. The molecule has 0 radical (unpaired) electrons. The third-order valence-corrected chi connectivity index (χ3v) is 5.21. The topological polar surface area (TPSA) is 67.6 Å². The Bertz CT molecular complexity index is 712. The van der Waals surface area contributed by atoms with Crippen LogP contribution >= 0.6 is 0 Å². The highest BCUT2D eigenvalue weighted by Crippen LogP contribution is 2.26. The van der Waals surface area contributed by atoms with Gasteiger partial charge in [-0.25, -0.2) is 0 Å². The van der Waals surface area contributed by atoms with Gasteiger partial charge in [-0.15, -0.1) is 0 Å². The van der Waals surface area contributed by atoms with Gasteiger partial charge in [0.2, 0.25) is 5.91 Å². The fourth-order valence-corrected chi connectivity index (χ4v) is 3.64. The van der Waals surface area contributed by atoms with Crippen LogP contribution in [0.5, 0.6) is 5.75 Å². The normalized spacial score (nSPS) is 16.7. The quantitative estimate of drug-likeness (QED) is 0.753. The zero-order valence-electron chi connectivity index (χ0n) is 15.9. The van der Waals surface area contributed by atoms with Gasteiger partial charge in [0.1, 0.15) is 5.75 Å². The first-order valence-corrected chi connectivity index (χ1v) is 9.62. The molecule has 5 heteroatoms. The lowest BCUT2D eigenvalue weighted by molar-refractivity contribution is -0.121. The van der Waals surface area contributed by atoms with Crippen molar-refractivity contribution in [3.8, 4) is 5.75 Å². The maximum atomic E-state index is 12.4. The van der Waals surface area contributed by atoms with Crippen molar-refractivity contribution < 1.29 is 9.53 Å². The molecule has 2 aromatic carbocycles. The number of hydrogen-bond donors (Lipinski definition) is 2. The molecule has 1 aliphatic heterocycles. The molecule has 2 atom stereocenters. The van der Waals surface area contributed by atoms with E-state index >= 15 is 0 Å². The number of nitrogens with one attached hydrogen (secondary N) is 1. The Balaban J connectivity index is 1.61. The van der Waals surface area contributed by atoms with Crippen molar-refractivity contribution >= 4 is 5.91 Å². The third kappa shape index (κ3) is 5.31. The molecule has 1 heterocycles. The van der Waals surface area contributed by atoms with Crippen molar-refractivity contribution in [2.24, 2.45) is 5.73 Å². The molecule has 0 saturated carbocycles. The molecule has 3 N–H and O–H groups in total. The van der Waals surface area contributed by atoms with Gasteiger partial charge in [-0.1, -0.05) is 42.5 Å². The summed E-state index contributed by atoms with van der Waals surface area (Å²) in [7, 11) is 1.67. The molecule has 1 aliphatic rings. The Morgan fingerprint density at radius 1 is 1.07 bits per heavy atom. The van der Waals surface area contributed by atoms with E-state index in [4.69, 9.17) is 10.5 Å². The van der Waals surface area contributed by atoms with Gasteiger partial charge in [0.25, 0.3) is 0 Å². The molecule has 0 aromatic heterocycles. The molecule has 1 saturated heterocycles. The summed E-state index contributed by atoms with van der Waals surface area (Å²) in [6.07, 6.45) is 2.71. The first kappa shape index (κ1) is 19.4. The minimum atomic E-state index is -0.280. The van der Waals surface area contributed by atoms with Gasteiger partial charge in [0.15, 0.2) is 0 Å². The molecule has 3 rings (SSSR count). The van der Waals surface area contributed by atoms with Gasteiger partial charge < -0.3 is 15.8 Å². The summed E-state index contributed by atoms with van der Waals surface area (Å²) in [5.41, 5.74) is 8.37. The Morgan fingerprint density at radius 2 is 1.74 bits per heavy atom. The first-order chi connectivity index (χ1) is 13.2. The van der Waals surface area contributed by atoms with Gasteiger partial charge in [0, 0.05) is 19.0 Å². The average Bonchev–Trinajstić information content (AvgIpc) is 3.24. The number of carbonyl (C=O) groups is 1. The number of likely N-dealkylation sites (tertiary alicyclic amines) is 1. The number of ether oxygens (including phenoxy) is 1. The highest BCUT2D eigenvalue weighted by atomic mass is 16.5.